The molecule has 0 aliphatic carbocycles. The summed E-state index contributed by atoms with van der Waals surface area (Å²) in [5, 5.41) is 1.77. The number of nitrogens with zero attached hydrogens (tertiary/aromatic N) is 4. The number of H-pyrrole nitrogens is 1. The first-order valence-corrected chi connectivity index (χ1v) is 11.6. The topological polar surface area (TPSA) is 118 Å². The first kappa shape index (κ1) is 18.9. The van der Waals surface area contributed by atoms with Crippen LogP contribution in [-0.2, 0) is 10.0 Å². The van der Waals surface area contributed by atoms with Gasteiger partial charge in [0.25, 0.3) is 10.0 Å². The van der Waals surface area contributed by atoms with Gasteiger partial charge >= 0.3 is 0 Å². The molecule has 10 heteroatoms. The number of benzene rings is 1. The number of nitrogens with one attached hydrogen (secondary N) is 1. The number of para-hydroxylation sites is 2. The molecule has 8 nitrogen and oxygen atoms in total. The Hall–Kier alpha value is -3.08. The minimum atomic E-state index is -3.46. The molecular formula is C20H22N6O2S2. The lowest BCUT2D eigenvalue weighted by molar-refractivity contribution is 0.442. The Morgan fingerprint density at radius 3 is 2.77 bits per heavy atom. The number of aromatic nitrogens is 4. The quantitative estimate of drug-likeness (QED) is 0.498. The number of imidazole rings is 1. The second-order valence-electron chi connectivity index (χ2n) is 6.87. The third-order valence-electron chi connectivity index (χ3n) is 5.00. The summed E-state index contributed by atoms with van der Waals surface area (Å²) in [5.41, 5.74) is 9.89. The molecule has 3 N–H and O–H groups in total. The molecule has 156 valence electrons. The van der Waals surface area contributed by atoms with Crippen LogP contribution in [0.4, 0.5) is 5.82 Å². The van der Waals surface area contributed by atoms with E-state index < -0.39 is 10.0 Å². The highest BCUT2D eigenvalue weighted by Crippen LogP contribution is 2.29. The van der Waals surface area contributed by atoms with Crippen molar-refractivity contribution in [2.75, 3.05) is 18.8 Å². The molecule has 30 heavy (non-hydrogen) atoms. The minimum Gasteiger partial charge on any atom is -0.382 e. The van der Waals surface area contributed by atoms with Crippen molar-refractivity contribution in [2.24, 2.45) is 0 Å². The van der Waals surface area contributed by atoms with Crippen LogP contribution in [0.25, 0.3) is 28.1 Å². The smallest absolute Gasteiger partial charge is 0.252 e. The Morgan fingerprint density at radius 1 is 1.17 bits per heavy atom. The first-order chi connectivity index (χ1) is 14.5. The predicted octanol–water partition coefficient (Wildman–Crippen LogP) is 3.63. The van der Waals surface area contributed by atoms with Crippen LogP contribution < -0.4 is 5.73 Å². The first-order valence-electron chi connectivity index (χ1n) is 9.33. The van der Waals surface area contributed by atoms with Crippen molar-refractivity contribution in [1.82, 2.24) is 24.2 Å². The van der Waals surface area contributed by atoms with Gasteiger partial charge in [-0.05, 0) is 35.6 Å². The zero-order valence-electron chi connectivity index (χ0n) is 15.8. The van der Waals surface area contributed by atoms with E-state index in [-0.39, 0.29) is 8.67 Å². The molecular weight excluding hydrogens is 420 g/mol. The lowest BCUT2D eigenvalue weighted by Gasteiger charge is -2.25. The molecule has 0 atom stereocenters. The number of nitrogen functional groups attached to an aromatic ring is 1. The fourth-order valence-electron chi connectivity index (χ4n) is 3.43. The van der Waals surface area contributed by atoms with Crippen LogP contribution in [-0.4, -0.2) is 45.7 Å². The second-order valence-corrected chi connectivity index (χ2v) is 9.98. The second kappa shape index (κ2) is 7.31. The average molecular weight is 443 g/mol. The highest BCUT2D eigenvalue weighted by Gasteiger charge is 2.27. The van der Waals surface area contributed by atoms with Crippen molar-refractivity contribution in [3.05, 3.63) is 59.7 Å². The molecule has 0 fully saturated rings. The molecule has 1 aromatic carbocycles. The zero-order chi connectivity index (χ0) is 20.7. The molecule has 0 radical (unpaired) electrons. The lowest BCUT2D eigenvalue weighted by Crippen LogP contribution is -2.34. The Labute approximate surface area is 180 Å². The maximum absolute atomic E-state index is 12.7. The van der Waals surface area contributed by atoms with E-state index in [0.29, 0.717) is 40.9 Å². The van der Waals surface area contributed by atoms with Crippen LogP contribution in [0.3, 0.4) is 0 Å². The standard InChI is InChI=1S/C20H18N6O2S2.2H2/c21-19-18(20-24-14-4-1-2-5-15(14)25-20)23-16(12-22-19)13-7-9-26(10-8-13)30(27,28)17-6-3-11-29-17;;/h1-7,11-12H,8-10H2,(H2,21,22)(H,24,25);2*1H. The van der Waals surface area contributed by atoms with Crippen molar-refractivity contribution < 1.29 is 11.3 Å². The summed E-state index contributed by atoms with van der Waals surface area (Å²) < 4.78 is 27.3. The summed E-state index contributed by atoms with van der Waals surface area (Å²) in [6.07, 6.45) is 4.05. The van der Waals surface area contributed by atoms with Gasteiger partial charge in [0.2, 0.25) is 0 Å². The van der Waals surface area contributed by atoms with Crippen LogP contribution in [0.15, 0.2) is 58.3 Å². The summed E-state index contributed by atoms with van der Waals surface area (Å²) >= 11 is 1.23. The van der Waals surface area contributed by atoms with Gasteiger partial charge in [0.05, 0.1) is 22.9 Å². The summed E-state index contributed by atoms with van der Waals surface area (Å²) in [7, 11) is -3.46. The van der Waals surface area contributed by atoms with Crippen molar-refractivity contribution in [1.29, 1.82) is 0 Å². The van der Waals surface area contributed by atoms with E-state index in [1.165, 1.54) is 15.6 Å². The van der Waals surface area contributed by atoms with E-state index >= 15 is 0 Å². The van der Waals surface area contributed by atoms with Gasteiger partial charge < -0.3 is 10.7 Å². The van der Waals surface area contributed by atoms with Crippen molar-refractivity contribution in [3.8, 4) is 11.5 Å². The molecule has 0 saturated carbocycles. The summed E-state index contributed by atoms with van der Waals surface area (Å²) in [5.74, 6) is 0.845. The monoisotopic (exact) mass is 442 g/mol. The van der Waals surface area contributed by atoms with Gasteiger partial charge in [-0.15, -0.1) is 11.3 Å². The fraction of sp³-hybridized carbons (Fsp3) is 0.150. The third kappa shape index (κ3) is 3.28. The number of sulfonamides is 1. The van der Waals surface area contributed by atoms with Crippen molar-refractivity contribution >= 4 is 43.8 Å². The number of anilines is 1. The minimum absolute atomic E-state index is 0. The number of hydrogen-bond donors (Lipinski definition) is 2. The van der Waals surface area contributed by atoms with E-state index in [4.69, 9.17) is 5.73 Å². The lowest BCUT2D eigenvalue weighted by atomic mass is 10.1. The normalized spacial score (nSPS) is 15.4. The highest BCUT2D eigenvalue weighted by atomic mass is 32.2. The molecule has 1 aliphatic heterocycles. The molecule has 0 bridgehead atoms. The molecule has 4 aromatic rings. The maximum Gasteiger partial charge on any atom is 0.252 e. The number of rotatable bonds is 4. The zero-order valence-corrected chi connectivity index (χ0v) is 17.4. The third-order valence-corrected chi connectivity index (χ3v) is 8.24. The molecule has 4 heterocycles. The van der Waals surface area contributed by atoms with Crippen LogP contribution >= 0.6 is 11.3 Å². The number of thiophene rings is 1. The van der Waals surface area contributed by atoms with Gasteiger partial charge in [-0.25, -0.2) is 23.4 Å². The molecule has 0 saturated heterocycles. The van der Waals surface area contributed by atoms with Gasteiger partial charge in [0.15, 0.2) is 11.6 Å². The Kier molecular flexibility index (Phi) is 4.61. The maximum atomic E-state index is 12.7. The van der Waals surface area contributed by atoms with Crippen LogP contribution in [0.5, 0.6) is 0 Å². The molecule has 1 aliphatic rings. The van der Waals surface area contributed by atoms with E-state index in [0.717, 1.165) is 16.6 Å². The van der Waals surface area contributed by atoms with E-state index in [9.17, 15) is 8.42 Å². The number of aromatic amines is 1. The van der Waals surface area contributed by atoms with Crippen molar-refractivity contribution in [2.45, 2.75) is 10.6 Å². The van der Waals surface area contributed by atoms with Crippen LogP contribution in [0, 0.1) is 0 Å². The Morgan fingerprint density at radius 2 is 2.03 bits per heavy atom. The molecule has 5 rings (SSSR count). The predicted molar refractivity (Wildman–Crippen MR) is 121 cm³/mol. The Bertz CT molecular complexity index is 1340. The number of fused-ring (bicyclic) bond motifs is 1. The fourth-order valence-corrected chi connectivity index (χ4v) is 5.96. The van der Waals surface area contributed by atoms with Gasteiger partial charge in [0, 0.05) is 15.9 Å². The SMILES string of the molecule is Nc1ncc(C2=CCN(S(=O)(=O)c3cccs3)CC2)nc1-c1nc2ccccc2[nH]1.[HH].[HH]. The van der Waals surface area contributed by atoms with Gasteiger partial charge in [-0.1, -0.05) is 24.3 Å². The average Bonchev–Trinajstić information content (AvgIpc) is 3.44. The molecule has 0 spiro atoms. The van der Waals surface area contributed by atoms with E-state index in [1.807, 2.05) is 30.3 Å². The highest BCUT2D eigenvalue weighted by molar-refractivity contribution is 7.91. The molecule has 3 aromatic heterocycles. The summed E-state index contributed by atoms with van der Waals surface area (Å²) in [6, 6.07) is 11.1. The summed E-state index contributed by atoms with van der Waals surface area (Å²) in [6.45, 7) is 0.680. The van der Waals surface area contributed by atoms with Gasteiger partial charge in [0.1, 0.15) is 9.90 Å². The van der Waals surface area contributed by atoms with Crippen molar-refractivity contribution in [3.63, 3.8) is 0 Å². The molecule has 0 amide bonds. The number of hydrogen-bond acceptors (Lipinski definition) is 7. The largest absolute Gasteiger partial charge is 0.382 e. The van der Waals surface area contributed by atoms with Crippen LogP contribution in [0.1, 0.15) is 15.0 Å². The van der Waals surface area contributed by atoms with Crippen LogP contribution in [0.2, 0.25) is 0 Å². The van der Waals surface area contributed by atoms with Gasteiger partial charge in [-0.2, -0.15) is 4.31 Å². The molecule has 0 unspecified atom stereocenters. The van der Waals surface area contributed by atoms with E-state index in [1.54, 1.807) is 23.7 Å². The van der Waals surface area contributed by atoms with E-state index in [2.05, 4.69) is 19.9 Å². The number of nitrogens with two attached hydrogens (primary N) is 1. The van der Waals surface area contributed by atoms with Gasteiger partial charge in [-0.3, -0.25) is 0 Å². The summed E-state index contributed by atoms with van der Waals surface area (Å²) in [4.78, 5) is 16.8. The Balaban J connectivity index is 0.00000144.